The van der Waals surface area contributed by atoms with Gasteiger partial charge in [0.25, 0.3) is 5.91 Å². The number of furan rings is 1. The van der Waals surface area contributed by atoms with Gasteiger partial charge in [-0.25, -0.2) is 8.42 Å². The predicted octanol–water partition coefficient (Wildman–Crippen LogP) is 1.62. The highest BCUT2D eigenvalue weighted by Gasteiger charge is 2.26. The van der Waals surface area contributed by atoms with Crippen LogP contribution in [0, 0.1) is 0 Å². The Kier molecular flexibility index (Phi) is 8.50. The van der Waals surface area contributed by atoms with Crippen molar-refractivity contribution in [3.63, 3.8) is 0 Å². The molecule has 1 aliphatic rings. The molecule has 0 radical (unpaired) electrons. The fourth-order valence-corrected chi connectivity index (χ4v) is 4.42. The summed E-state index contributed by atoms with van der Waals surface area (Å²) in [6.07, 6.45) is 2.37. The Morgan fingerprint density at radius 3 is 2.39 bits per heavy atom. The number of nitrogens with one attached hydrogen (secondary N) is 1. The van der Waals surface area contributed by atoms with E-state index in [1.807, 2.05) is 18.2 Å². The first-order valence-electron chi connectivity index (χ1n) is 9.10. The molecule has 0 atom stereocenters. The van der Waals surface area contributed by atoms with E-state index in [1.165, 1.54) is 16.1 Å². The summed E-state index contributed by atoms with van der Waals surface area (Å²) in [7, 11) is -3.38. The number of hydrogen-bond acceptors (Lipinski definition) is 5. The number of rotatable bonds is 8. The number of carbonyl (C=O) groups excluding carboxylic acids is 1. The zero-order chi connectivity index (χ0) is 19.1. The molecule has 2 aromatic rings. The quantitative estimate of drug-likeness (QED) is 0.692. The minimum atomic E-state index is -3.38. The van der Waals surface area contributed by atoms with Crippen molar-refractivity contribution in [1.29, 1.82) is 0 Å². The van der Waals surface area contributed by atoms with Crippen LogP contribution in [0.2, 0.25) is 0 Å². The molecular weight excluding hydrogens is 402 g/mol. The van der Waals surface area contributed by atoms with Crippen LogP contribution in [0.15, 0.2) is 53.1 Å². The molecule has 154 valence electrons. The number of amides is 1. The summed E-state index contributed by atoms with van der Waals surface area (Å²) in [6, 6.07) is 13.4. The topological polar surface area (TPSA) is 82.9 Å². The molecule has 1 aliphatic heterocycles. The zero-order valence-corrected chi connectivity index (χ0v) is 17.3. The number of piperazine rings is 1. The van der Waals surface area contributed by atoms with Crippen LogP contribution < -0.4 is 5.32 Å². The Balaban J connectivity index is 0.00000280. The lowest BCUT2D eigenvalue weighted by Crippen LogP contribution is -2.50. The lowest BCUT2D eigenvalue weighted by atomic mass is 10.1. The first-order chi connectivity index (χ1) is 13.0. The van der Waals surface area contributed by atoms with Crippen LogP contribution >= 0.6 is 12.4 Å². The van der Waals surface area contributed by atoms with Crippen molar-refractivity contribution >= 4 is 28.3 Å². The van der Waals surface area contributed by atoms with Crippen molar-refractivity contribution in [3.05, 3.63) is 60.1 Å². The fraction of sp³-hybridized carbons (Fsp3) is 0.421. The van der Waals surface area contributed by atoms with Gasteiger partial charge in [-0.15, -0.1) is 12.4 Å². The van der Waals surface area contributed by atoms with Crippen LogP contribution in [0.25, 0.3) is 0 Å². The zero-order valence-electron chi connectivity index (χ0n) is 15.6. The van der Waals surface area contributed by atoms with Gasteiger partial charge >= 0.3 is 0 Å². The molecule has 7 nitrogen and oxygen atoms in total. The number of nitrogens with zero attached hydrogens (tertiary/aromatic N) is 2. The average molecular weight is 428 g/mol. The molecule has 1 fully saturated rings. The molecule has 0 aliphatic carbocycles. The van der Waals surface area contributed by atoms with Crippen LogP contribution in [0.1, 0.15) is 16.1 Å². The average Bonchev–Trinajstić information content (AvgIpc) is 3.22. The molecule has 1 aromatic heterocycles. The van der Waals surface area contributed by atoms with Gasteiger partial charge < -0.3 is 14.6 Å². The number of sulfonamides is 1. The highest BCUT2D eigenvalue weighted by Crippen LogP contribution is 2.09. The lowest BCUT2D eigenvalue weighted by Gasteiger charge is -2.34. The van der Waals surface area contributed by atoms with Crippen LogP contribution in [0.3, 0.4) is 0 Å². The second-order valence-electron chi connectivity index (χ2n) is 6.53. The Labute approximate surface area is 172 Å². The monoisotopic (exact) mass is 427 g/mol. The summed E-state index contributed by atoms with van der Waals surface area (Å²) in [5, 5.41) is 2.58. The third-order valence-corrected chi connectivity index (χ3v) is 6.55. The van der Waals surface area contributed by atoms with Crippen molar-refractivity contribution in [2.75, 3.05) is 45.0 Å². The lowest BCUT2D eigenvalue weighted by molar-refractivity contribution is 0.0928. The second kappa shape index (κ2) is 10.6. The Bertz CT molecular complexity index is 820. The molecular formula is C19H26ClN3O4S. The van der Waals surface area contributed by atoms with Gasteiger partial charge in [-0.3, -0.25) is 4.79 Å². The summed E-state index contributed by atoms with van der Waals surface area (Å²) in [5.41, 5.74) is 1.29. The maximum absolute atomic E-state index is 12.5. The second-order valence-corrected chi connectivity index (χ2v) is 8.61. The van der Waals surface area contributed by atoms with E-state index < -0.39 is 15.9 Å². The highest BCUT2D eigenvalue weighted by atomic mass is 35.5. The summed E-state index contributed by atoms with van der Waals surface area (Å²) in [6.45, 7) is 3.43. The highest BCUT2D eigenvalue weighted by molar-refractivity contribution is 7.89. The Hall–Kier alpha value is -1.87. The van der Waals surface area contributed by atoms with Crippen LogP contribution in [0.4, 0.5) is 0 Å². The van der Waals surface area contributed by atoms with E-state index in [0.29, 0.717) is 13.1 Å². The number of halogens is 1. The molecule has 1 saturated heterocycles. The van der Waals surface area contributed by atoms with Crippen molar-refractivity contribution in [3.8, 4) is 0 Å². The van der Waals surface area contributed by atoms with Gasteiger partial charge in [0.1, 0.15) is 0 Å². The van der Waals surface area contributed by atoms with Gasteiger partial charge in [0.2, 0.25) is 10.0 Å². The van der Waals surface area contributed by atoms with Crippen molar-refractivity contribution in [1.82, 2.24) is 14.5 Å². The van der Waals surface area contributed by atoms with Gasteiger partial charge in [-0.1, -0.05) is 30.3 Å². The molecule has 1 aromatic carbocycles. The molecule has 2 heterocycles. The molecule has 28 heavy (non-hydrogen) atoms. The minimum Gasteiger partial charge on any atom is -0.459 e. The van der Waals surface area contributed by atoms with Crippen LogP contribution in [0.5, 0.6) is 0 Å². The normalized spacial score (nSPS) is 15.7. The fourth-order valence-electron chi connectivity index (χ4n) is 3.08. The molecule has 1 N–H and O–H groups in total. The Morgan fingerprint density at radius 1 is 1.04 bits per heavy atom. The molecule has 9 heteroatoms. The SMILES string of the molecule is Cl.O=C(NCCS(=O)(=O)N1CCN(CCc2ccccc2)CC1)c1ccco1. The molecule has 1 amide bonds. The van der Waals surface area contributed by atoms with Gasteiger partial charge in [-0.2, -0.15) is 4.31 Å². The van der Waals surface area contributed by atoms with E-state index in [9.17, 15) is 13.2 Å². The van der Waals surface area contributed by atoms with Crippen LogP contribution in [-0.2, 0) is 16.4 Å². The van der Waals surface area contributed by atoms with Gasteiger partial charge in [0.05, 0.1) is 12.0 Å². The molecule has 0 unspecified atom stereocenters. The summed E-state index contributed by atoms with van der Waals surface area (Å²) < 4.78 is 31.4. The van der Waals surface area contributed by atoms with Crippen LogP contribution in [-0.4, -0.2) is 68.6 Å². The Morgan fingerprint density at radius 2 is 1.75 bits per heavy atom. The molecule has 0 spiro atoms. The standard InChI is InChI=1S/C19H25N3O4S.ClH/c23-19(18-7-4-15-26-18)20-9-16-27(24,25)22-13-11-21(12-14-22)10-8-17-5-2-1-3-6-17;/h1-7,15H,8-14,16H2,(H,20,23);1H. The smallest absolute Gasteiger partial charge is 0.287 e. The van der Waals surface area contributed by atoms with Crippen molar-refractivity contribution in [2.45, 2.75) is 6.42 Å². The van der Waals surface area contributed by atoms with E-state index in [4.69, 9.17) is 4.42 Å². The maximum Gasteiger partial charge on any atom is 0.287 e. The van der Waals surface area contributed by atoms with Gasteiger partial charge in [0, 0.05) is 39.3 Å². The minimum absolute atomic E-state index is 0. The summed E-state index contributed by atoms with van der Waals surface area (Å²) >= 11 is 0. The summed E-state index contributed by atoms with van der Waals surface area (Å²) in [5.74, 6) is -0.330. The van der Waals surface area contributed by atoms with Crippen molar-refractivity contribution < 1.29 is 17.6 Å². The van der Waals surface area contributed by atoms with E-state index in [2.05, 4.69) is 22.3 Å². The predicted molar refractivity (Wildman–Crippen MR) is 110 cm³/mol. The van der Waals surface area contributed by atoms with E-state index >= 15 is 0 Å². The van der Waals surface area contributed by atoms with Crippen molar-refractivity contribution in [2.24, 2.45) is 0 Å². The van der Waals surface area contributed by atoms with Gasteiger partial charge in [0.15, 0.2) is 5.76 Å². The summed E-state index contributed by atoms with van der Waals surface area (Å²) in [4.78, 5) is 14.1. The van der Waals surface area contributed by atoms with E-state index in [-0.39, 0.29) is 30.5 Å². The molecule has 3 rings (SSSR count). The maximum atomic E-state index is 12.5. The first-order valence-corrected chi connectivity index (χ1v) is 10.7. The largest absolute Gasteiger partial charge is 0.459 e. The first kappa shape index (κ1) is 22.4. The number of hydrogen-bond donors (Lipinski definition) is 1. The van der Waals surface area contributed by atoms with E-state index in [0.717, 1.165) is 26.1 Å². The number of carbonyl (C=O) groups is 1. The van der Waals surface area contributed by atoms with E-state index in [1.54, 1.807) is 12.1 Å². The number of benzene rings is 1. The molecule has 0 saturated carbocycles. The molecule has 0 bridgehead atoms. The van der Waals surface area contributed by atoms with Gasteiger partial charge in [-0.05, 0) is 24.1 Å². The third-order valence-electron chi connectivity index (χ3n) is 4.67. The third kappa shape index (κ3) is 6.34.